The van der Waals surface area contributed by atoms with Gasteiger partial charge in [-0.1, -0.05) is 6.07 Å². The lowest BCUT2D eigenvalue weighted by atomic mass is 9.90. The predicted molar refractivity (Wildman–Crippen MR) is 109 cm³/mol. The van der Waals surface area contributed by atoms with Crippen LogP contribution in [0.4, 0.5) is 5.95 Å². The normalized spacial score (nSPS) is 20.0. The lowest BCUT2D eigenvalue weighted by molar-refractivity contribution is -0.136. The molecule has 1 unspecified atom stereocenters. The Morgan fingerprint density at radius 3 is 2.90 bits per heavy atom. The number of likely N-dealkylation sites (tertiary alicyclic amines) is 1. The van der Waals surface area contributed by atoms with E-state index in [0.29, 0.717) is 19.8 Å². The summed E-state index contributed by atoms with van der Waals surface area (Å²) in [5.74, 6) is 0.918. The Kier molecular flexibility index (Phi) is 6.31. The number of aromatic nitrogens is 3. The number of hydrogen-bond donors (Lipinski definition) is 0. The average molecular weight is 397 g/mol. The van der Waals surface area contributed by atoms with Gasteiger partial charge in [0.15, 0.2) is 0 Å². The van der Waals surface area contributed by atoms with Gasteiger partial charge in [0.2, 0.25) is 11.9 Å². The molecule has 2 saturated heterocycles. The molecule has 154 valence electrons. The molecular formula is C21H27N5O3. The second-order valence-corrected chi connectivity index (χ2v) is 7.42. The summed E-state index contributed by atoms with van der Waals surface area (Å²) in [5.41, 5.74) is 2.97. The molecule has 1 atom stereocenters. The molecule has 4 rings (SSSR count). The second-order valence-electron chi connectivity index (χ2n) is 7.42. The number of ether oxygens (including phenoxy) is 2. The number of pyridine rings is 1. The van der Waals surface area contributed by atoms with Crippen LogP contribution in [0.3, 0.4) is 0 Å². The summed E-state index contributed by atoms with van der Waals surface area (Å²) in [7, 11) is 1.55. The maximum atomic E-state index is 12.4. The van der Waals surface area contributed by atoms with Crippen LogP contribution in [-0.2, 0) is 14.3 Å². The van der Waals surface area contributed by atoms with Crippen molar-refractivity contribution in [3.8, 4) is 11.1 Å². The molecule has 8 heteroatoms. The van der Waals surface area contributed by atoms with Gasteiger partial charge < -0.3 is 19.3 Å². The van der Waals surface area contributed by atoms with Gasteiger partial charge in [-0.25, -0.2) is 9.97 Å². The number of rotatable bonds is 5. The fourth-order valence-corrected chi connectivity index (χ4v) is 4.00. The Bertz CT molecular complexity index is 826. The van der Waals surface area contributed by atoms with Crippen LogP contribution in [0.15, 0.2) is 30.7 Å². The molecule has 0 bridgehead atoms. The standard InChI is InChI=1S/C21H27N5O3/c1-28-15-19(27)26-7-3-5-17(14-26)20-18(16-4-2-6-22-12-16)13-23-21(24-20)25-8-10-29-11-9-25/h2,4,6,12-13,17H,3,5,7-11,14-15H2,1H3. The zero-order valence-electron chi connectivity index (χ0n) is 16.8. The summed E-state index contributed by atoms with van der Waals surface area (Å²) in [5, 5.41) is 0. The van der Waals surface area contributed by atoms with E-state index in [1.807, 2.05) is 29.4 Å². The van der Waals surface area contributed by atoms with Crippen molar-refractivity contribution < 1.29 is 14.3 Å². The molecule has 0 aliphatic carbocycles. The number of methoxy groups -OCH3 is 1. The largest absolute Gasteiger partial charge is 0.378 e. The van der Waals surface area contributed by atoms with Gasteiger partial charge >= 0.3 is 0 Å². The molecule has 2 fully saturated rings. The number of hydrogen-bond acceptors (Lipinski definition) is 7. The van der Waals surface area contributed by atoms with Crippen molar-refractivity contribution in [2.75, 3.05) is 58.0 Å². The van der Waals surface area contributed by atoms with E-state index in [-0.39, 0.29) is 18.4 Å². The van der Waals surface area contributed by atoms with E-state index in [9.17, 15) is 4.79 Å². The van der Waals surface area contributed by atoms with Crippen molar-refractivity contribution in [1.29, 1.82) is 0 Å². The van der Waals surface area contributed by atoms with Gasteiger partial charge in [0.25, 0.3) is 0 Å². The van der Waals surface area contributed by atoms with Crippen LogP contribution in [0.2, 0.25) is 0 Å². The lowest BCUT2D eigenvalue weighted by Crippen LogP contribution is -2.41. The van der Waals surface area contributed by atoms with E-state index in [1.54, 1.807) is 13.3 Å². The minimum atomic E-state index is 0.0302. The Balaban J connectivity index is 1.67. The number of piperidine rings is 1. The molecule has 1 amide bonds. The van der Waals surface area contributed by atoms with Crippen molar-refractivity contribution in [1.82, 2.24) is 19.9 Å². The third kappa shape index (κ3) is 4.54. The van der Waals surface area contributed by atoms with Crippen molar-refractivity contribution in [3.63, 3.8) is 0 Å². The predicted octanol–water partition coefficient (Wildman–Crippen LogP) is 1.73. The minimum absolute atomic E-state index is 0.0302. The topological polar surface area (TPSA) is 80.7 Å². The maximum absolute atomic E-state index is 12.4. The van der Waals surface area contributed by atoms with E-state index in [2.05, 4.69) is 14.9 Å². The summed E-state index contributed by atoms with van der Waals surface area (Å²) < 4.78 is 10.5. The van der Waals surface area contributed by atoms with Gasteiger partial charge in [-0.05, 0) is 18.9 Å². The summed E-state index contributed by atoms with van der Waals surface area (Å²) >= 11 is 0. The van der Waals surface area contributed by atoms with Crippen molar-refractivity contribution >= 4 is 11.9 Å². The summed E-state index contributed by atoms with van der Waals surface area (Å²) in [6.07, 6.45) is 7.44. The van der Waals surface area contributed by atoms with Crippen molar-refractivity contribution in [2.24, 2.45) is 0 Å². The van der Waals surface area contributed by atoms with Crippen LogP contribution < -0.4 is 4.90 Å². The highest BCUT2D eigenvalue weighted by molar-refractivity contribution is 5.77. The molecule has 2 aliphatic heterocycles. The van der Waals surface area contributed by atoms with Gasteiger partial charge in [0.1, 0.15) is 6.61 Å². The quantitative estimate of drug-likeness (QED) is 0.760. The third-order valence-corrected chi connectivity index (χ3v) is 5.50. The van der Waals surface area contributed by atoms with Crippen LogP contribution in [0, 0.1) is 0 Å². The Labute approximate surface area is 170 Å². The molecular weight excluding hydrogens is 370 g/mol. The van der Waals surface area contributed by atoms with Gasteiger partial charge in [0.05, 0.1) is 18.9 Å². The number of morpholine rings is 1. The average Bonchev–Trinajstić information content (AvgIpc) is 2.80. The first-order chi connectivity index (χ1) is 14.3. The Morgan fingerprint density at radius 1 is 1.28 bits per heavy atom. The molecule has 2 aromatic rings. The van der Waals surface area contributed by atoms with E-state index in [1.165, 1.54) is 0 Å². The molecule has 0 aromatic carbocycles. The van der Waals surface area contributed by atoms with Crippen LogP contribution in [-0.4, -0.2) is 78.9 Å². The summed E-state index contributed by atoms with van der Waals surface area (Å²) in [6.45, 7) is 4.48. The van der Waals surface area contributed by atoms with Crippen LogP contribution >= 0.6 is 0 Å². The maximum Gasteiger partial charge on any atom is 0.248 e. The van der Waals surface area contributed by atoms with E-state index < -0.39 is 0 Å². The Hall–Kier alpha value is -2.58. The smallest absolute Gasteiger partial charge is 0.248 e. The van der Waals surface area contributed by atoms with E-state index >= 15 is 0 Å². The highest BCUT2D eigenvalue weighted by Gasteiger charge is 2.29. The molecule has 29 heavy (non-hydrogen) atoms. The molecule has 0 saturated carbocycles. The zero-order chi connectivity index (χ0) is 20.1. The Morgan fingerprint density at radius 2 is 2.14 bits per heavy atom. The van der Waals surface area contributed by atoms with Gasteiger partial charge in [-0.3, -0.25) is 9.78 Å². The molecule has 2 aliphatic rings. The van der Waals surface area contributed by atoms with E-state index in [0.717, 1.165) is 55.2 Å². The molecule has 0 spiro atoms. The fourth-order valence-electron chi connectivity index (χ4n) is 4.00. The highest BCUT2D eigenvalue weighted by atomic mass is 16.5. The lowest BCUT2D eigenvalue weighted by Gasteiger charge is -2.34. The molecule has 4 heterocycles. The van der Waals surface area contributed by atoms with E-state index in [4.69, 9.17) is 14.5 Å². The molecule has 0 N–H and O–H groups in total. The number of amides is 1. The molecule has 8 nitrogen and oxygen atoms in total. The first-order valence-corrected chi connectivity index (χ1v) is 10.1. The monoisotopic (exact) mass is 397 g/mol. The van der Waals surface area contributed by atoms with Crippen LogP contribution in [0.5, 0.6) is 0 Å². The van der Waals surface area contributed by atoms with Crippen molar-refractivity contribution in [3.05, 3.63) is 36.4 Å². The van der Waals surface area contributed by atoms with Crippen LogP contribution in [0.25, 0.3) is 11.1 Å². The number of carbonyl (C=O) groups is 1. The van der Waals surface area contributed by atoms with Crippen molar-refractivity contribution in [2.45, 2.75) is 18.8 Å². The minimum Gasteiger partial charge on any atom is -0.378 e. The zero-order valence-corrected chi connectivity index (χ0v) is 16.8. The van der Waals surface area contributed by atoms with Gasteiger partial charge in [-0.15, -0.1) is 0 Å². The van der Waals surface area contributed by atoms with Gasteiger partial charge in [-0.2, -0.15) is 0 Å². The fraction of sp³-hybridized carbons (Fsp3) is 0.524. The second kappa shape index (κ2) is 9.28. The third-order valence-electron chi connectivity index (χ3n) is 5.50. The first kappa shape index (κ1) is 19.7. The number of carbonyl (C=O) groups excluding carboxylic acids is 1. The summed E-state index contributed by atoms with van der Waals surface area (Å²) in [4.78, 5) is 30.3. The molecule has 2 aromatic heterocycles. The van der Waals surface area contributed by atoms with Crippen LogP contribution in [0.1, 0.15) is 24.5 Å². The van der Waals surface area contributed by atoms with Gasteiger partial charge in [0, 0.05) is 68.9 Å². The SMILES string of the molecule is COCC(=O)N1CCCC(c2nc(N3CCOCC3)ncc2-c2cccnc2)C1. The number of anilines is 1. The first-order valence-electron chi connectivity index (χ1n) is 10.1. The number of nitrogens with zero attached hydrogens (tertiary/aromatic N) is 5. The summed E-state index contributed by atoms with van der Waals surface area (Å²) in [6, 6.07) is 3.95. The molecule has 0 radical (unpaired) electrons. The highest BCUT2D eigenvalue weighted by Crippen LogP contribution is 2.34.